The van der Waals surface area contributed by atoms with Gasteiger partial charge in [-0.2, -0.15) is 0 Å². The number of nitrogens with zero attached hydrogens (tertiary/aromatic N) is 3. The van der Waals surface area contributed by atoms with Crippen molar-refractivity contribution in [3.63, 3.8) is 0 Å². The zero-order valence-electron chi connectivity index (χ0n) is 11.3. The first-order valence-electron chi connectivity index (χ1n) is 6.47. The Morgan fingerprint density at radius 3 is 2.26 bits per heavy atom. The number of amides is 1. The van der Waals surface area contributed by atoms with Crippen molar-refractivity contribution in [2.45, 2.75) is 33.2 Å². The van der Waals surface area contributed by atoms with Crippen LogP contribution in [0.15, 0.2) is 30.9 Å². The van der Waals surface area contributed by atoms with Crippen LogP contribution in [0.1, 0.15) is 25.0 Å². The lowest BCUT2D eigenvalue weighted by Gasteiger charge is -2.14. The summed E-state index contributed by atoms with van der Waals surface area (Å²) in [4.78, 5) is 12.0. The highest BCUT2D eigenvalue weighted by Gasteiger charge is 2.10. The van der Waals surface area contributed by atoms with Crippen molar-refractivity contribution in [3.8, 4) is 0 Å². The lowest BCUT2D eigenvalue weighted by molar-refractivity contribution is -0.116. The van der Waals surface area contributed by atoms with Gasteiger partial charge in [-0.1, -0.05) is 32.0 Å². The molecule has 0 aliphatic rings. The van der Waals surface area contributed by atoms with E-state index in [2.05, 4.69) is 29.4 Å². The first-order valence-corrected chi connectivity index (χ1v) is 6.47. The fourth-order valence-corrected chi connectivity index (χ4v) is 2.05. The second kappa shape index (κ2) is 6.13. The van der Waals surface area contributed by atoms with Gasteiger partial charge in [0.1, 0.15) is 19.2 Å². The highest BCUT2D eigenvalue weighted by atomic mass is 16.1. The molecule has 0 spiro atoms. The second-order valence-corrected chi connectivity index (χ2v) is 4.34. The molecule has 5 heteroatoms. The predicted molar refractivity (Wildman–Crippen MR) is 73.8 cm³/mol. The smallest absolute Gasteiger partial charge is 0.244 e. The Hall–Kier alpha value is -2.17. The molecule has 19 heavy (non-hydrogen) atoms. The minimum absolute atomic E-state index is 0.0598. The Morgan fingerprint density at radius 2 is 1.74 bits per heavy atom. The van der Waals surface area contributed by atoms with Crippen molar-refractivity contribution < 1.29 is 4.79 Å². The van der Waals surface area contributed by atoms with E-state index in [0.717, 1.165) is 29.7 Å². The number of nitrogens with one attached hydrogen (secondary N) is 1. The summed E-state index contributed by atoms with van der Waals surface area (Å²) >= 11 is 0. The lowest BCUT2D eigenvalue weighted by atomic mass is 10.0. The zero-order valence-corrected chi connectivity index (χ0v) is 11.3. The van der Waals surface area contributed by atoms with E-state index in [1.54, 1.807) is 4.57 Å². The maximum atomic E-state index is 12.0. The van der Waals surface area contributed by atoms with E-state index < -0.39 is 0 Å². The average molecular weight is 258 g/mol. The second-order valence-electron chi connectivity index (χ2n) is 4.34. The van der Waals surface area contributed by atoms with E-state index in [0.29, 0.717) is 0 Å². The van der Waals surface area contributed by atoms with E-state index >= 15 is 0 Å². The number of carbonyl (C=O) groups is 1. The number of benzene rings is 1. The highest BCUT2D eigenvalue weighted by Crippen LogP contribution is 2.22. The molecule has 1 aromatic heterocycles. The molecule has 0 fully saturated rings. The Morgan fingerprint density at radius 1 is 1.16 bits per heavy atom. The molecular weight excluding hydrogens is 240 g/mol. The fraction of sp³-hybridized carbons (Fsp3) is 0.357. The summed E-state index contributed by atoms with van der Waals surface area (Å²) in [6, 6.07) is 6.13. The Bertz CT molecular complexity index is 526. The topological polar surface area (TPSA) is 59.8 Å². The van der Waals surface area contributed by atoms with Gasteiger partial charge < -0.3 is 9.88 Å². The third-order valence-electron chi connectivity index (χ3n) is 3.06. The normalized spacial score (nSPS) is 10.4. The van der Waals surface area contributed by atoms with E-state index in [-0.39, 0.29) is 12.5 Å². The molecule has 1 heterocycles. The molecule has 0 atom stereocenters. The molecular formula is C14H18N4O. The molecule has 0 aliphatic carbocycles. The van der Waals surface area contributed by atoms with Crippen LogP contribution in [0, 0.1) is 0 Å². The molecule has 5 nitrogen and oxygen atoms in total. The standard InChI is InChI=1S/C14H18N4O/c1-3-11-6-5-7-12(4-2)14(11)17-13(19)8-18-9-15-16-10-18/h5-7,9-10H,3-4,8H2,1-2H3,(H,17,19). The van der Waals surface area contributed by atoms with Crippen LogP contribution < -0.4 is 5.32 Å². The summed E-state index contributed by atoms with van der Waals surface area (Å²) in [5.74, 6) is -0.0598. The van der Waals surface area contributed by atoms with E-state index in [1.807, 2.05) is 18.2 Å². The third kappa shape index (κ3) is 3.19. The van der Waals surface area contributed by atoms with Crippen molar-refractivity contribution in [1.82, 2.24) is 14.8 Å². The van der Waals surface area contributed by atoms with Crippen LogP contribution >= 0.6 is 0 Å². The molecule has 1 aromatic carbocycles. The highest BCUT2D eigenvalue weighted by molar-refractivity contribution is 5.92. The van der Waals surface area contributed by atoms with E-state index in [4.69, 9.17) is 0 Å². The summed E-state index contributed by atoms with van der Waals surface area (Å²) in [7, 11) is 0. The van der Waals surface area contributed by atoms with Crippen LogP contribution in [0.3, 0.4) is 0 Å². The van der Waals surface area contributed by atoms with Gasteiger partial charge in [0.05, 0.1) is 0 Å². The van der Waals surface area contributed by atoms with Crippen LogP contribution in [-0.2, 0) is 24.2 Å². The van der Waals surface area contributed by atoms with Gasteiger partial charge in [-0.3, -0.25) is 4.79 Å². The SMILES string of the molecule is CCc1cccc(CC)c1NC(=O)Cn1cnnc1. The molecule has 0 saturated carbocycles. The van der Waals surface area contributed by atoms with Crippen molar-refractivity contribution in [2.75, 3.05) is 5.32 Å². The van der Waals surface area contributed by atoms with Gasteiger partial charge in [0.15, 0.2) is 0 Å². The summed E-state index contributed by atoms with van der Waals surface area (Å²) in [6.45, 7) is 4.41. The molecule has 2 aromatic rings. The molecule has 0 radical (unpaired) electrons. The Labute approximate surface area is 112 Å². The molecule has 0 aliphatic heterocycles. The van der Waals surface area contributed by atoms with Crippen LogP contribution in [-0.4, -0.2) is 20.7 Å². The first kappa shape index (κ1) is 13.3. The van der Waals surface area contributed by atoms with Gasteiger partial charge >= 0.3 is 0 Å². The quantitative estimate of drug-likeness (QED) is 0.892. The summed E-state index contributed by atoms with van der Waals surface area (Å²) in [6.07, 6.45) is 4.87. The fourth-order valence-electron chi connectivity index (χ4n) is 2.05. The number of aromatic nitrogens is 3. The Balaban J connectivity index is 2.15. The van der Waals surface area contributed by atoms with Gasteiger partial charge in [-0.15, -0.1) is 10.2 Å². The van der Waals surface area contributed by atoms with Gasteiger partial charge in [-0.05, 0) is 24.0 Å². The van der Waals surface area contributed by atoms with Crippen molar-refractivity contribution in [1.29, 1.82) is 0 Å². The van der Waals surface area contributed by atoms with Crippen LogP contribution in [0.4, 0.5) is 5.69 Å². The molecule has 0 unspecified atom stereocenters. The summed E-state index contributed by atoms with van der Waals surface area (Å²) < 4.78 is 1.65. The molecule has 100 valence electrons. The van der Waals surface area contributed by atoms with Gasteiger partial charge in [0.25, 0.3) is 0 Å². The van der Waals surface area contributed by atoms with Gasteiger partial charge in [-0.25, -0.2) is 0 Å². The van der Waals surface area contributed by atoms with Crippen molar-refractivity contribution in [2.24, 2.45) is 0 Å². The molecule has 0 saturated heterocycles. The minimum Gasteiger partial charge on any atom is -0.324 e. The number of hydrogen-bond donors (Lipinski definition) is 1. The number of carbonyl (C=O) groups excluding carboxylic acids is 1. The maximum Gasteiger partial charge on any atom is 0.244 e. The minimum atomic E-state index is -0.0598. The number of hydrogen-bond acceptors (Lipinski definition) is 3. The summed E-state index contributed by atoms with van der Waals surface area (Å²) in [5.41, 5.74) is 3.28. The monoisotopic (exact) mass is 258 g/mol. The molecule has 1 amide bonds. The number of para-hydroxylation sites is 1. The molecule has 1 N–H and O–H groups in total. The number of anilines is 1. The van der Waals surface area contributed by atoms with E-state index in [9.17, 15) is 4.79 Å². The van der Waals surface area contributed by atoms with Crippen molar-refractivity contribution >= 4 is 11.6 Å². The van der Waals surface area contributed by atoms with Crippen LogP contribution in [0.2, 0.25) is 0 Å². The van der Waals surface area contributed by atoms with Gasteiger partial charge in [0, 0.05) is 5.69 Å². The zero-order chi connectivity index (χ0) is 13.7. The predicted octanol–water partition coefficient (Wildman–Crippen LogP) is 2.04. The third-order valence-corrected chi connectivity index (χ3v) is 3.06. The molecule has 2 rings (SSSR count). The maximum absolute atomic E-state index is 12.0. The molecule has 0 bridgehead atoms. The number of rotatable bonds is 5. The van der Waals surface area contributed by atoms with Crippen molar-refractivity contribution in [3.05, 3.63) is 42.0 Å². The van der Waals surface area contributed by atoms with Crippen LogP contribution in [0.25, 0.3) is 0 Å². The largest absolute Gasteiger partial charge is 0.324 e. The van der Waals surface area contributed by atoms with E-state index in [1.165, 1.54) is 12.7 Å². The first-order chi connectivity index (χ1) is 9.24. The number of aryl methyl sites for hydroxylation is 2. The summed E-state index contributed by atoms with van der Waals surface area (Å²) in [5, 5.41) is 10.4. The average Bonchev–Trinajstić information content (AvgIpc) is 2.91. The van der Waals surface area contributed by atoms with Crippen LogP contribution in [0.5, 0.6) is 0 Å². The Kier molecular flexibility index (Phi) is 4.28. The van der Waals surface area contributed by atoms with Gasteiger partial charge in [0.2, 0.25) is 5.91 Å². The lowest BCUT2D eigenvalue weighted by Crippen LogP contribution is -2.19.